The van der Waals surface area contributed by atoms with Crippen molar-refractivity contribution in [2.75, 3.05) is 5.32 Å². The number of anilines is 2. The Balaban J connectivity index is 1.92. The van der Waals surface area contributed by atoms with Crippen LogP contribution in [0, 0.1) is 13.8 Å². The van der Waals surface area contributed by atoms with Crippen LogP contribution in [-0.4, -0.2) is 9.97 Å². The number of aromatic nitrogens is 2. The van der Waals surface area contributed by atoms with Gasteiger partial charge in [0.2, 0.25) is 0 Å². The van der Waals surface area contributed by atoms with E-state index < -0.39 is 0 Å². The molecule has 0 bridgehead atoms. The van der Waals surface area contributed by atoms with E-state index in [2.05, 4.69) is 47.7 Å². The normalized spacial score (nSPS) is 11.0. The minimum absolute atomic E-state index is 0.945. The quantitative estimate of drug-likeness (QED) is 0.641. The number of benzene rings is 1. The Morgan fingerprint density at radius 2 is 1.74 bits per heavy atom. The van der Waals surface area contributed by atoms with Gasteiger partial charge >= 0.3 is 0 Å². The van der Waals surface area contributed by atoms with Gasteiger partial charge in [-0.2, -0.15) is 0 Å². The minimum atomic E-state index is 0.945. The maximum Gasteiger partial charge on any atom is 0.187 e. The summed E-state index contributed by atoms with van der Waals surface area (Å²) in [5.41, 5.74) is 5.98. The third-order valence-electron chi connectivity index (χ3n) is 3.87. The first-order valence-corrected chi connectivity index (χ1v) is 9.59. The lowest BCUT2D eigenvalue weighted by molar-refractivity contribution is 1.09. The van der Waals surface area contributed by atoms with Gasteiger partial charge in [-0.05, 0) is 37.8 Å². The van der Waals surface area contributed by atoms with Crippen LogP contribution in [0.1, 0.15) is 35.7 Å². The minimum Gasteiger partial charge on any atom is -0.331 e. The molecule has 23 heavy (non-hydrogen) atoms. The molecule has 5 heteroatoms. The molecular weight excluding hydrogens is 322 g/mol. The van der Waals surface area contributed by atoms with Crippen molar-refractivity contribution < 1.29 is 0 Å². The third kappa shape index (κ3) is 3.31. The number of hydrogen-bond acceptors (Lipinski definition) is 5. The van der Waals surface area contributed by atoms with Crippen LogP contribution in [0.5, 0.6) is 0 Å². The summed E-state index contributed by atoms with van der Waals surface area (Å²) in [4.78, 5) is 10.4. The second-order valence-corrected chi connectivity index (χ2v) is 7.53. The smallest absolute Gasteiger partial charge is 0.187 e. The molecule has 2 aromatic heterocycles. The molecule has 3 nitrogen and oxygen atoms in total. The van der Waals surface area contributed by atoms with Gasteiger partial charge in [0.25, 0.3) is 0 Å². The fraction of sp³-hybridized carbons (Fsp3) is 0.333. The zero-order valence-electron chi connectivity index (χ0n) is 13.9. The van der Waals surface area contributed by atoms with Crippen LogP contribution < -0.4 is 5.32 Å². The monoisotopic (exact) mass is 343 g/mol. The topological polar surface area (TPSA) is 37.8 Å². The predicted molar refractivity (Wildman–Crippen MR) is 101 cm³/mol. The van der Waals surface area contributed by atoms with Crippen molar-refractivity contribution in [1.29, 1.82) is 0 Å². The average Bonchev–Trinajstić information content (AvgIpc) is 3.13. The first-order valence-electron chi connectivity index (χ1n) is 7.90. The van der Waals surface area contributed by atoms with Crippen molar-refractivity contribution in [3.05, 3.63) is 45.4 Å². The maximum atomic E-state index is 4.78. The molecule has 0 spiro atoms. The van der Waals surface area contributed by atoms with Gasteiger partial charge in [-0.15, -0.1) is 22.7 Å². The molecule has 1 N–H and O–H groups in total. The summed E-state index contributed by atoms with van der Waals surface area (Å²) in [6.07, 6.45) is 2.03. The van der Waals surface area contributed by atoms with Gasteiger partial charge in [-0.25, -0.2) is 9.97 Å². The summed E-state index contributed by atoms with van der Waals surface area (Å²) in [6.45, 7) is 8.47. The second-order valence-electron chi connectivity index (χ2n) is 5.47. The van der Waals surface area contributed by atoms with Gasteiger partial charge in [0, 0.05) is 11.1 Å². The highest BCUT2D eigenvalue weighted by Crippen LogP contribution is 2.34. The molecule has 120 valence electrons. The fourth-order valence-corrected chi connectivity index (χ4v) is 4.38. The molecule has 0 aliphatic rings. The van der Waals surface area contributed by atoms with Crippen LogP contribution in [0.2, 0.25) is 0 Å². The first kappa shape index (κ1) is 16.1. The van der Waals surface area contributed by atoms with Gasteiger partial charge in [0.1, 0.15) is 0 Å². The van der Waals surface area contributed by atoms with Crippen LogP contribution in [0.15, 0.2) is 23.6 Å². The molecule has 0 fully saturated rings. The lowest BCUT2D eigenvalue weighted by Gasteiger charge is -2.13. The number of thiazole rings is 2. The van der Waals surface area contributed by atoms with Crippen LogP contribution in [0.4, 0.5) is 10.8 Å². The van der Waals surface area contributed by atoms with Crippen LogP contribution >= 0.6 is 22.7 Å². The molecule has 3 rings (SSSR count). The number of aryl methyl sites for hydroxylation is 4. The lowest BCUT2D eigenvalue weighted by Crippen LogP contribution is -1.99. The first-order chi connectivity index (χ1) is 11.1. The SMILES string of the molecule is CCc1cccc(CC)c1Nc1nc(-c2sc(C)nc2C)cs1. The van der Waals surface area contributed by atoms with E-state index in [4.69, 9.17) is 4.98 Å². The molecule has 0 radical (unpaired) electrons. The van der Waals surface area contributed by atoms with Gasteiger partial charge in [0.15, 0.2) is 5.13 Å². The molecular formula is C18H21N3S2. The molecule has 1 aromatic carbocycles. The molecule has 0 atom stereocenters. The zero-order valence-corrected chi connectivity index (χ0v) is 15.6. The van der Waals surface area contributed by atoms with E-state index in [1.54, 1.807) is 22.7 Å². The Labute approximate surface area is 145 Å². The standard InChI is InChI=1S/C18H21N3S2/c1-5-13-8-7-9-14(6-2)16(13)21-18-20-15(10-22-18)17-11(3)19-12(4)23-17/h7-10H,5-6H2,1-4H3,(H,20,21). The number of nitrogens with zero attached hydrogens (tertiary/aromatic N) is 2. The highest BCUT2D eigenvalue weighted by molar-refractivity contribution is 7.16. The second kappa shape index (κ2) is 6.81. The summed E-state index contributed by atoms with van der Waals surface area (Å²) in [6, 6.07) is 6.51. The molecule has 0 aliphatic carbocycles. The summed E-state index contributed by atoms with van der Waals surface area (Å²) in [5.74, 6) is 0. The highest BCUT2D eigenvalue weighted by Gasteiger charge is 2.13. The number of para-hydroxylation sites is 1. The number of hydrogen-bond donors (Lipinski definition) is 1. The van der Waals surface area contributed by atoms with Crippen molar-refractivity contribution in [3.63, 3.8) is 0 Å². The average molecular weight is 344 g/mol. The summed E-state index contributed by atoms with van der Waals surface area (Å²) in [5, 5.41) is 7.70. The molecule has 0 unspecified atom stereocenters. The molecule has 3 aromatic rings. The van der Waals surface area contributed by atoms with Gasteiger partial charge in [-0.3, -0.25) is 0 Å². The Morgan fingerprint density at radius 1 is 1.04 bits per heavy atom. The Morgan fingerprint density at radius 3 is 2.30 bits per heavy atom. The molecule has 0 aliphatic heterocycles. The number of rotatable bonds is 5. The van der Waals surface area contributed by atoms with Crippen LogP contribution in [-0.2, 0) is 12.8 Å². The lowest BCUT2D eigenvalue weighted by atomic mass is 10.0. The van der Waals surface area contributed by atoms with E-state index >= 15 is 0 Å². The predicted octanol–water partition coefficient (Wildman–Crippen LogP) is 5.75. The van der Waals surface area contributed by atoms with E-state index in [9.17, 15) is 0 Å². The molecule has 2 heterocycles. The van der Waals surface area contributed by atoms with Gasteiger partial charge in [-0.1, -0.05) is 32.0 Å². The summed E-state index contributed by atoms with van der Waals surface area (Å²) in [7, 11) is 0. The van der Waals surface area contributed by atoms with Crippen molar-refractivity contribution in [2.24, 2.45) is 0 Å². The summed E-state index contributed by atoms with van der Waals surface area (Å²) < 4.78 is 0. The number of nitrogens with one attached hydrogen (secondary N) is 1. The van der Waals surface area contributed by atoms with Crippen LogP contribution in [0.3, 0.4) is 0 Å². The summed E-state index contributed by atoms with van der Waals surface area (Å²) >= 11 is 3.36. The third-order valence-corrected chi connectivity index (χ3v) is 5.72. The van der Waals surface area contributed by atoms with E-state index in [-0.39, 0.29) is 0 Å². The molecule has 0 amide bonds. The van der Waals surface area contributed by atoms with E-state index in [1.807, 2.05) is 13.8 Å². The Hall–Kier alpha value is -1.72. The largest absolute Gasteiger partial charge is 0.331 e. The maximum absolute atomic E-state index is 4.78. The Kier molecular flexibility index (Phi) is 4.78. The highest BCUT2D eigenvalue weighted by atomic mass is 32.1. The van der Waals surface area contributed by atoms with E-state index in [1.165, 1.54) is 21.7 Å². The van der Waals surface area contributed by atoms with Gasteiger partial charge in [0.05, 0.1) is 21.3 Å². The van der Waals surface area contributed by atoms with Gasteiger partial charge < -0.3 is 5.32 Å². The zero-order chi connectivity index (χ0) is 16.4. The van der Waals surface area contributed by atoms with E-state index in [0.717, 1.165) is 34.4 Å². The molecule has 0 saturated heterocycles. The Bertz CT molecular complexity index is 795. The van der Waals surface area contributed by atoms with Crippen molar-refractivity contribution in [1.82, 2.24) is 9.97 Å². The van der Waals surface area contributed by atoms with E-state index in [0.29, 0.717) is 0 Å². The molecule has 0 saturated carbocycles. The fourth-order valence-electron chi connectivity index (χ4n) is 2.71. The van der Waals surface area contributed by atoms with Crippen molar-refractivity contribution in [2.45, 2.75) is 40.5 Å². The van der Waals surface area contributed by atoms with Crippen molar-refractivity contribution in [3.8, 4) is 10.6 Å². The van der Waals surface area contributed by atoms with Crippen LogP contribution in [0.25, 0.3) is 10.6 Å². The van der Waals surface area contributed by atoms with Crippen molar-refractivity contribution >= 4 is 33.5 Å².